The zero-order valence-electron chi connectivity index (χ0n) is 11.2. The maximum atomic E-state index is 12.4. The van der Waals surface area contributed by atoms with Crippen LogP contribution in [-0.2, 0) is 9.84 Å². The van der Waals surface area contributed by atoms with Gasteiger partial charge in [-0.3, -0.25) is 0 Å². The number of rotatable bonds is 3. The van der Waals surface area contributed by atoms with Crippen molar-refractivity contribution < 1.29 is 8.42 Å². The zero-order valence-corrected chi connectivity index (χ0v) is 12.0. The highest BCUT2D eigenvalue weighted by Crippen LogP contribution is 2.37. The molecule has 1 aliphatic heterocycles. The van der Waals surface area contributed by atoms with Gasteiger partial charge in [0.2, 0.25) is 0 Å². The highest BCUT2D eigenvalue weighted by atomic mass is 32.2. The molecular formula is C14H21NO2S. The first-order valence-electron chi connectivity index (χ1n) is 6.55. The van der Waals surface area contributed by atoms with Crippen LogP contribution in [0.2, 0.25) is 0 Å². The van der Waals surface area contributed by atoms with Gasteiger partial charge in [-0.2, -0.15) is 0 Å². The standard InChI is InChI=1S/C14H21NO2S/c1-4-8-15-13-9-11(3)18(16,17)14-10(2)6-5-7-12(13)14/h5-7,11,13,15H,4,8-9H2,1-3H3. The first kappa shape index (κ1) is 13.6. The van der Waals surface area contributed by atoms with Gasteiger partial charge in [-0.05, 0) is 44.4 Å². The van der Waals surface area contributed by atoms with E-state index in [1.54, 1.807) is 0 Å². The molecule has 1 aromatic carbocycles. The third-order valence-electron chi connectivity index (χ3n) is 3.64. The highest BCUT2D eigenvalue weighted by molar-refractivity contribution is 7.92. The molecule has 2 unspecified atom stereocenters. The molecule has 1 N–H and O–H groups in total. The zero-order chi connectivity index (χ0) is 13.3. The molecule has 2 rings (SSSR count). The summed E-state index contributed by atoms with van der Waals surface area (Å²) in [6, 6.07) is 5.93. The van der Waals surface area contributed by atoms with E-state index in [1.807, 2.05) is 32.0 Å². The molecule has 1 aliphatic rings. The first-order chi connectivity index (χ1) is 8.48. The summed E-state index contributed by atoms with van der Waals surface area (Å²) in [5.41, 5.74) is 1.81. The topological polar surface area (TPSA) is 46.2 Å². The number of benzene rings is 1. The number of sulfone groups is 1. The minimum Gasteiger partial charge on any atom is -0.310 e. The molecule has 3 nitrogen and oxygen atoms in total. The fraction of sp³-hybridized carbons (Fsp3) is 0.571. The molecule has 0 amide bonds. The maximum absolute atomic E-state index is 12.4. The van der Waals surface area contributed by atoms with Gasteiger partial charge in [0.25, 0.3) is 0 Å². The Bertz CT molecular complexity index is 537. The summed E-state index contributed by atoms with van der Waals surface area (Å²) in [7, 11) is -3.15. The summed E-state index contributed by atoms with van der Waals surface area (Å²) < 4.78 is 24.8. The largest absolute Gasteiger partial charge is 0.310 e. The fourth-order valence-electron chi connectivity index (χ4n) is 2.64. The van der Waals surface area contributed by atoms with E-state index in [0.29, 0.717) is 11.3 Å². The van der Waals surface area contributed by atoms with Crippen molar-refractivity contribution in [3.63, 3.8) is 0 Å². The van der Waals surface area contributed by atoms with Crippen LogP contribution in [0.1, 0.15) is 43.9 Å². The molecule has 0 aliphatic carbocycles. The van der Waals surface area contributed by atoms with Crippen molar-refractivity contribution in [3.8, 4) is 0 Å². The van der Waals surface area contributed by atoms with Crippen molar-refractivity contribution in [1.29, 1.82) is 0 Å². The lowest BCUT2D eigenvalue weighted by Crippen LogP contribution is -2.35. The molecule has 2 atom stereocenters. The van der Waals surface area contributed by atoms with Crippen LogP contribution in [0, 0.1) is 6.92 Å². The minimum absolute atomic E-state index is 0.165. The third-order valence-corrected chi connectivity index (χ3v) is 6.02. The molecule has 0 radical (unpaired) electrons. The van der Waals surface area contributed by atoms with E-state index in [0.717, 1.165) is 24.1 Å². The van der Waals surface area contributed by atoms with E-state index < -0.39 is 9.84 Å². The molecule has 0 bridgehead atoms. The Morgan fingerprint density at radius 1 is 1.39 bits per heavy atom. The molecule has 0 fully saturated rings. The summed E-state index contributed by atoms with van der Waals surface area (Å²) in [6.45, 7) is 6.73. The number of nitrogens with one attached hydrogen (secondary N) is 1. The molecule has 1 heterocycles. The van der Waals surface area contributed by atoms with E-state index >= 15 is 0 Å². The molecule has 0 aromatic heterocycles. The van der Waals surface area contributed by atoms with Crippen molar-refractivity contribution >= 4 is 9.84 Å². The SMILES string of the molecule is CCCNC1CC(C)S(=O)(=O)c2c(C)cccc21. The van der Waals surface area contributed by atoms with Crippen LogP contribution in [0.5, 0.6) is 0 Å². The Balaban J connectivity index is 2.52. The van der Waals surface area contributed by atoms with Crippen molar-refractivity contribution in [1.82, 2.24) is 5.32 Å². The number of hydrogen-bond acceptors (Lipinski definition) is 3. The van der Waals surface area contributed by atoms with Gasteiger partial charge in [-0.25, -0.2) is 8.42 Å². The summed E-state index contributed by atoms with van der Waals surface area (Å²) in [6.07, 6.45) is 1.72. The third kappa shape index (κ3) is 2.19. The minimum atomic E-state index is -3.15. The normalized spacial score (nSPS) is 25.7. The monoisotopic (exact) mass is 267 g/mol. The Hall–Kier alpha value is -0.870. The van der Waals surface area contributed by atoms with Crippen LogP contribution in [0.4, 0.5) is 0 Å². The summed E-state index contributed by atoms with van der Waals surface area (Å²) in [4.78, 5) is 0.553. The van der Waals surface area contributed by atoms with Crippen LogP contribution < -0.4 is 5.32 Å². The molecular weight excluding hydrogens is 246 g/mol. The lowest BCUT2D eigenvalue weighted by molar-refractivity contribution is 0.462. The van der Waals surface area contributed by atoms with Crippen LogP contribution in [0.25, 0.3) is 0 Å². The molecule has 0 spiro atoms. The van der Waals surface area contributed by atoms with Gasteiger partial charge < -0.3 is 5.32 Å². The summed E-state index contributed by atoms with van der Waals surface area (Å²) in [5.74, 6) is 0. The van der Waals surface area contributed by atoms with Crippen LogP contribution in [-0.4, -0.2) is 20.2 Å². The van der Waals surface area contributed by atoms with Gasteiger partial charge in [0.15, 0.2) is 9.84 Å². The second-order valence-electron chi connectivity index (χ2n) is 5.09. The summed E-state index contributed by atoms with van der Waals surface area (Å²) in [5, 5.41) is 3.15. The van der Waals surface area contributed by atoms with Gasteiger partial charge >= 0.3 is 0 Å². The summed E-state index contributed by atoms with van der Waals surface area (Å²) >= 11 is 0. The Labute approximate surface area is 110 Å². The van der Waals surface area contributed by atoms with Crippen LogP contribution in [0.15, 0.2) is 23.1 Å². The number of aryl methyl sites for hydroxylation is 1. The Kier molecular flexibility index (Phi) is 3.78. The Morgan fingerprint density at radius 2 is 2.11 bits per heavy atom. The van der Waals surface area contributed by atoms with Crippen molar-refractivity contribution in [2.75, 3.05) is 6.54 Å². The maximum Gasteiger partial charge on any atom is 0.181 e. The van der Waals surface area contributed by atoms with Crippen molar-refractivity contribution in [2.24, 2.45) is 0 Å². The number of hydrogen-bond donors (Lipinski definition) is 1. The average molecular weight is 267 g/mol. The van der Waals surface area contributed by atoms with Crippen LogP contribution >= 0.6 is 0 Å². The van der Waals surface area contributed by atoms with E-state index in [4.69, 9.17) is 0 Å². The molecule has 1 aromatic rings. The van der Waals surface area contributed by atoms with E-state index in [-0.39, 0.29) is 11.3 Å². The average Bonchev–Trinajstić information content (AvgIpc) is 2.32. The second kappa shape index (κ2) is 5.02. The molecule has 0 saturated carbocycles. The number of fused-ring (bicyclic) bond motifs is 1. The quantitative estimate of drug-likeness (QED) is 0.915. The smallest absolute Gasteiger partial charge is 0.181 e. The van der Waals surface area contributed by atoms with E-state index in [2.05, 4.69) is 12.2 Å². The predicted octanol–water partition coefficient (Wildman–Crippen LogP) is 2.60. The lowest BCUT2D eigenvalue weighted by Gasteiger charge is -2.31. The van der Waals surface area contributed by atoms with Crippen LogP contribution in [0.3, 0.4) is 0 Å². The van der Waals surface area contributed by atoms with Gasteiger partial charge in [0.1, 0.15) is 0 Å². The van der Waals surface area contributed by atoms with Gasteiger partial charge in [0, 0.05) is 6.04 Å². The van der Waals surface area contributed by atoms with Gasteiger partial charge in [-0.15, -0.1) is 0 Å². The Morgan fingerprint density at radius 3 is 2.78 bits per heavy atom. The van der Waals surface area contributed by atoms with Crippen molar-refractivity contribution in [3.05, 3.63) is 29.3 Å². The highest BCUT2D eigenvalue weighted by Gasteiger charge is 2.36. The molecule has 4 heteroatoms. The first-order valence-corrected chi connectivity index (χ1v) is 8.10. The van der Waals surface area contributed by atoms with Crippen molar-refractivity contribution in [2.45, 2.75) is 49.8 Å². The lowest BCUT2D eigenvalue weighted by atomic mass is 9.99. The van der Waals surface area contributed by atoms with E-state index in [1.165, 1.54) is 0 Å². The molecule has 0 saturated heterocycles. The second-order valence-corrected chi connectivity index (χ2v) is 7.39. The predicted molar refractivity (Wildman–Crippen MR) is 73.5 cm³/mol. The van der Waals surface area contributed by atoms with Gasteiger partial charge in [0.05, 0.1) is 10.1 Å². The van der Waals surface area contributed by atoms with Gasteiger partial charge in [-0.1, -0.05) is 25.1 Å². The van der Waals surface area contributed by atoms with E-state index in [9.17, 15) is 8.42 Å². The molecule has 100 valence electrons. The molecule has 18 heavy (non-hydrogen) atoms. The fourth-order valence-corrected chi connectivity index (χ4v) is 4.54.